The number of non-ortho nitro benzene ring substituents is 1. The Balaban J connectivity index is 3.07. The molecule has 0 spiro atoms. The van der Waals surface area contributed by atoms with Gasteiger partial charge in [0.15, 0.2) is 5.82 Å². The van der Waals surface area contributed by atoms with Gasteiger partial charge in [-0.1, -0.05) is 0 Å². The highest BCUT2D eigenvalue weighted by Crippen LogP contribution is 2.19. The molecule has 0 aliphatic carbocycles. The Morgan fingerprint density at radius 3 is 2.64 bits per heavy atom. The molecule has 1 unspecified atom stereocenters. The van der Waals surface area contributed by atoms with Crippen molar-refractivity contribution in [1.29, 1.82) is 0 Å². The van der Waals surface area contributed by atoms with Gasteiger partial charge in [-0.25, -0.2) is 4.39 Å². The minimum Gasteiger partial charge on any atom is -0.593 e. The van der Waals surface area contributed by atoms with Gasteiger partial charge < -0.3 is 4.55 Å². The maximum atomic E-state index is 13.1. The molecule has 0 saturated heterocycles. The lowest BCUT2D eigenvalue weighted by Crippen LogP contribution is -2.19. The molecule has 0 heterocycles. The molecular formula is C7H7FN2O3S. The number of rotatable bonds is 3. The van der Waals surface area contributed by atoms with E-state index in [2.05, 4.69) is 4.72 Å². The number of nitro groups is 1. The molecule has 5 nitrogen and oxygen atoms in total. The molecule has 0 aliphatic heterocycles. The van der Waals surface area contributed by atoms with Crippen molar-refractivity contribution in [3.05, 3.63) is 34.1 Å². The summed E-state index contributed by atoms with van der Waals surface area (Å²) >= 11 is -1.67. The zero-order chi connectivity index (χ0) is 10.7. The fourth-order valence-corrected chi connectivity index (χ4v) is 1.51. The molecule has 1 rings (SSSR count). The van der Waals surface area contributed by atoms with E-state index in [9.17, 15) is 19.1 Å². The molecule has 7 heteroatoms. The van der Waals surface area contributed by atoms with Crippen LogP contribution in [0.15, 0.2) is 23.1 Å². The molecule has 0 aromatic heterocycles. The Kier molecular flexibility index (Phi) is 3.39. The van der Waals surface area contributed by atoms with Crippen molar-refractivity contribution in [2.24, 2.45) is 0 Å². The summed E-state index contributed by atoms with van der Waals surface area (Å²) in [6.07, 6.45) is 0. The van der Waals surface area contributed by atoms with Crippen LogP contribution >= 0.6 is 0 Å². The van der Waals surface area contributed by atoms with E-state index in [-0.39, 0.29) is 10.6 Å². The third-order valence-corrected chi connectivity index (χ3v) is 2.61. The van der Waals surface area contributed by atoms with Crippen molar-refractivity contribution in [3.63, 3.8) is 0 Å². The van der Waals surface area contributed by atoms with E-state index < -0.39 is 22.1 Å². The molecule has 0 saturated carbocycles. The molecular weight excluding hydrogens is 211 g/mol. The van der Waals surface area contributed by atoms with Gasteiger partial charge in [0.1, 0.15) is 0 Å². The largest absolute Gasteiger partial charge is 0.593 e. The van der Waals surface area contributed by atoms with Crippen LogP contribution in [-0.4, -0.2) is 16.5 Å². The van der Waals surface area contributed by atoms with E-state index >= 15 is 0 Å². The molecule has 0 bridgehead atoms. The summed E-state index contributed by atoms with van der Waals surface area (Å²) in [6, 6.07) is 2.97. The van der Waals surface area contributed by atoms with Crippen LogP contribution in [0.3, 0.4) is 0 Å². The average molecular weight is 218 g/mol. The Hall–Kier alpha value is -1.18. The van der Waals surface area contributed by atoms with E-state index in [4.69, 9.17) is 0 Å². The third kappa shape index (κ3) is 2.19. The van der Waals surface area contributed by atoms with Crippen LogP contribution in [0.25, 0.3) is 0 Å². The second kappa shape index (κ2) is 4.36. The van der Waals surface area contributed by atoms with Gasteiger partial charge >= 0.3 is 0 Å². The number of nitrogens with zero attached hydrogens (tertiary/aromatic N) is 1. The van der Waals surface area contributed by atoms with Gasteiger partial charge in [-0.2, -0.15) is 0 Å². The summed E-state index contributed by atoms with van der Waals surface area (Å²) in [7, 11) is 1.40. The molecule has 1 N–H and O–H groups in total. The van der Waals surface area contributed by atoms with E-state index in [1.165, 1.54) is 7.05 Å². The fourth-order valence-electron chi connectivity index (χ4n) is 0.864. The first-order chi connectivity index (χ1) is 6.56. The van der Waals surface area contributed by atoms with Crippen molar-refractivity contribution in [2.75, 3.05) is 7.05 Å². The summed E-state index contributed by atoms with van der Waals surface area (Å²) < 4.78 is 26.5. The van der Waals surface area contributed by atoms with Gasteiger partial charge in [0.25, 0.3) is 5.69 Å². The number of halogens is 1. The van der Waals surface area contributed by atoms with Gasteiger partial charge in [0.2, 0.25) is 4.90 Å². The highest BCUT2D eigenvalue weighted by atomic mass is 32.2. The second-order valence-corrected chi connectivity index (χ2v) is 3.73. The molecule has 0 fully saturated rings. The first kappa shape index (κ1) is 10.9. The van der Waals surface area contributed by atoms with E-state index in [0.29, 0.717) is 0 Å². The molecule has 1 aromatic rings. The Morgan fingerprint density at radius 2 is 2.21 bits per heavy atom. The first-order valence-corrected chi connectivity index (χ1v) is 4.74. The molecule has 14 heavy (non-hydrogen) atoms. The van der Waals surface area contributed by atoms with Crippen molar-refractivity contribution in [3.8, 4) is 0 Å². The number of benzene rings is 1. The summed E-state index contributed by atoms with van der Waals surface area (Å²) in [4.78, 5) is 9.44. The number of hydrogen-bond donors (Lipinski definition) is 1. The normalized spacial score (nSPS) is 12.5. The lowest BCUT2D eigenvalue weighted by atomic mass is 10.3. The number of nitrogens with one attached hydrogen (secondary N) is 1. The fraction of sp³-hybridized carbons (Fsp3) is 0.143. The van der Waals surface area contributed by atoms with Gasteiger partial charge in [0.05, 0.1) is 22.4 Å². The maximum absolute atomic E-state index is 13.1. The number of nitro benzene ring substituents is 1. The van der Waals surface area contributed by atoms with Crippen molar-refractivity contribution < 1.29 is 13.9 Å². The van der Waals surface area contributed by atoms with E-state index in [0.717, 1.165) is 18.2 Å². The second-order valence-electron chi connectivity index (χ2n) is 2.34. The highest BCUT2D eigenvalue weighted by Gasteiger charge is 2.18. The number of hydrogen-bond acceptors (Lipinski definition) is 4. The van der Waals surface area contributed by atoms with Crippen molar-refractivity contribution >= 4 is 17.0 Å². The quantitative estimate of drug-likeness (QED) is 0.466. The van der Waals surface area contributed by atoms with Gasteiger partial charge in [0, 0.05) is 19.2 Å². The van der Waals surface area contributed by atoms with E-state index in [1.807, 2.05) is 0 Å². The maximum Gasteiger partial charge on any atom is 0.272 e. The zero-order valence-electron chi connectivity index (χ0n) is 7.19. The topological polar surface area (TPSA) is 78.2 Å². The lowest BCUT2D eigenvalue weighted by Gasteiger charge is -2.07. The predicted octanol–water partition coefficient (Wildman–Crippen LogP) is 0.976. The lowest BCUT2D eigenvalue weighted by molar-refractivity contribution is -0.385. The van der Waals surface area contributed by atoms with Crippen LogP contribution in [-0.2, 0) is 11.4 Å². The minimum absolute atomic E-state index is 0.0990. The van der Waals surface area contributed by atoms with Crippen LogP contribution < -0.4 is 4.72 Å². The van der Waals surface area contributed by atoms with Gasteiger partial charge in [-0.15, -0.1) is 4.72 Å². The molecule has 1 aromatic carbocycles. The summed E-state index contributed by atoms with van der Waals surface area (Å²) in [5, 5.41) is 10.3. The summed E-state index contributed by atoms with van der Waals surface area (Å²) in [6.45, 7) is 0. The molecule has 0 aliphatic rings. The zero-order valence-corrected chi connectivity index (χ0v) is 8.01. The SMILES string of the molecule is CN[S+]([O-])c1ccc([N+](=O)[O-])cc1F. The van der Waals surface area contributed by atoms with Gasteiger partial charge in [-0.3, -0.25) is 10.1 Å². The highest BCUT2D eigenvalue weighted by molar-refractivity contribution is 7.89. The molecule has 1 atom stereocenters. The third-order valence-electron chi connectivity index (χ3n) is 1.51. The first-order valence-electron chi connectivity index (χ1n) is 3.59. The van der Waals surface area contributed by atoms with Crippen LogP contribution in [0, 0.1) is 15.9 Å². The van der Waals surface area contributed by atoms with Crippen molar-refractivity contribution in [1.82, 2.24) is 4.72 Å². The van der Waals surface area contributed by atoms with Crippen LogP contribution in [0.5, 0.6) is 0 Å². The molecule has 0 radical (unpaired) electrons. The minimum atomic E-state index is -1.67. The summed E-state index contributed by atoms with van der Waals surface area (Å²) in [5.41, 5.74) is -0.362. The Morgan fingerprint density at radius 1 is 1.57 bits per heavy atom. The predicted molar refractivity (Wildman–Crippen MR) is 48.5 cm³/mol. The standard InChI is InChI=1S/C7H7FN2O3S/c1-9-14(13)7-3-2-5(10(11)12)4-6(7)8/h2-4,9H,1H3. The molecule has 0 amide bonds. The van der Waals surface area contributed by atoms with Gasteiger partial charge in [-0.05, 0) is 0 Å². The summed E-state index contributed by atoms with van der Waals surface area (Å²) in [5.74, 6) is -0.855. The monoisotopic (exact) mass is 218 g/mol. The Bertz CT molecular complexity index is 361. The Labute approximate surface area is 82.4 Å². The van der Waals surface area contributed by atoms with E-state index in [1.54, 1.807) is 0 Å². The van der Waals surface area contributed by atoms with Crippen LogP contribution in [0.2, 0.25) is 0 Å². The van der Waals surface area contributed by atoms with Crippen molar-refractivity contribution in [2.45, 2.75) is 4.90 Å². The van der Waals surface area contributed by atoms with Crippen LogP contribution in [0.4, 0.5) is 10.1 Å². The smallest absolute Gasteiger partial charge is 0.272 e. The van der Waals surface area contributed by atoms with Crippen LogP contribution in [0.1, 0.15) is 0 Å². The molecule has 76 valence electrons. The average Bonchev–Trinajstić information content (AvgIpc) is 2.16.